The molecule has 20 heavy (non-hydrogen) atoms. The highest BCUT2D eigenvalue weighted by Crippen LogP contribution is 2.26. The highest BCUT2D eigenvalue weighted by atomic mass is 79.9. The number of rotatable bonds is 7. The summed E-state index contributed by atoms with van der Waals surface area (Å²) in [6.45, 7) is 13.2. The molecule has 0 amide bonds. The second-order valence-corrected chi connectivity index (χ2v) is 7.25. The molecule has 0 fully saturated rings. The van der Waals surface area contributed by atoms with Crippen LogP contribution in [0.5, 0.6) is 0 Å². The molecule has 0 spiro atoms. The highest BCUT2D eigenvalue weighted by molar-refractivity contribution is 9.10. The minimum atomic E-state index is 0.534. The molecule has 0 radical (unpaired) electrons. The van der Waals surface area contributed by atoms with E-state index in [4.69, 9.17) is 0 Å². The van der Waals surface area contributed by atoms with E-state index in [0.717, 1.165) is 13.1 Å². The van der Waals surface area contributed by atoms with Crippen LogP contribution in [0.15, 0.2) is 22.7 Å². The Morgan fingerprint density at radius 1 is 1.15 bits per heavy atom. The van der Waals surface area contributed by atoms with Crippen LogP contribution in [0.25, 0.3) is 0 Å². The number of hydrogen-bond acceptors (Lipinski definition) is 2. The summed E-state index contributed by atoms with van der Waals surface area (Å²) < 4.78 is 1.19. The van der Waals surface area contributed by atoms with Gasteiger partial charge in [-0.2, -0.15) is 0 Å². The summed E-state index contributed by atoms with van der Waals surface area (Å²) in [5.74, 6) is 1.33. The minimum Gasteiger partial charge on any atom is -0.372 e. The molecule has 1 atom stereocenters. The topological polar surface area (TPSA) is 15.3 Å². The van der Waals surface area contributed by atoms with Gasteiger partial charge in [0.2, 0.25) is 0 Å². The van der Waals surface area contributed by atoms with Gasteiger partial charge in [-0.05, 0) is 43.0 Å². The lowest BCUT2D eigenvalue weighted by atomic mass is 10.0. The van der Waals surface area contributed by atoms with E-state index in [0.29, 0.717) is 17.9 Å². The van der Waals surface area contributed by atoms with Crippen molar-refractivity contribution in [2.24, 2.45) is 11.8 Å². The standard InChI is InChI=1S/C17H29BrN2/c1-12(2)10-19-11-15-7-8-16(9-17(15)18)20(6)14(5)13(3)4/h7-9,12-14,19H,10-11H2,1-6H3. The van der Waals surface area contributed by atoms with E-state index in [1.165, 1.54) is 15.7 Å². The van der Waals surface area contributed by atoms with Crippen molar-refractivity contribution in [1.29, 1.82) is 0 Å². The van der Waals surface area contributed by atoms with Gasteiger partial charge in [0.25, 0.3) is 0 Å². The van der Waals surface area contributed by atoms with E-state index >= 15 is 0 Å². The Balaban J connectivity index is 2.72. The van der Waals surface area contributed by atoms with Crippen LogP contribution in [-0.2, 0) is 6.54 Å². The lowest BCUT2D eigenvalue weighted by Gasteiger charge is -2.30. The monoisotopic (exact) mass is 340 g/mol. The third kappa shape index (κ3) is 5.10. The zero-order chi connectivity index (χ0) is 15.3. The third-order valence-corrected chi connectivity index (χ3v) is 4.63. The number of nitrogens with zero attached hydrogens (tertiary/aromatic N) is 1. The van der Waals surface area contributed by atoms with Crippen LogP contribution in [0.4, 0.5) is 5.69 Å². The van der Waals surface area contributed by atoms with Gasteiger partial charge in [0.1, 0.15) is 0 Å². The van der Waals surface area contributed by atoms with Crippen LogP contribution in [-0.4, -0.2) is 19.6 Å². The van der Waals surface area contributed by atoms with Crippen molar-refractivity contribution in [3.63, 3.8) is 0 Å². The molecule has 0 heterocycles. The summed E-state index contributed by atoms with van der Waals surface area (Å²) in [5, 5.41) is 3.49. The predicted molar refractivity (Wildman–Crippen MR) is 93.4 cm³/mol. The molecule has 0 saturated carbocycles. The molecule has 1 rings (SSSR count). The van der Waals surface area contributed by atoms with Gasteiger partial charge >= 0.3 is 0 Å². The molecule has 3 heteroatoms. The van der Waals surface area contributed by atoms with Crippen LogP contribution in [0, 0.1) is 11.8 Å². The van der Waals surface area contributed by atoms with E-state index in [1.54, 1.807) is 0 Å². The van der Waals surface area contributed by atoms with E-state index in [2.05, 4.69) is 86.0 Å². The molecule has 1 aromatic carbocycles. The molecule has 0 aromatic heterocycles. The fourth-order valence-electron chi connectivity index (χ4n) is 2.08. The van der Waals surface area contributed by atoms with Gasteiger partial charge in [0.05, 0.1) is 0 Å². The normalized spacial score (nSPS) is 13.1. The Hall–Kier alpha value is -0.540. The average molecular weight is 341 g/mol. The molecular weight excluding hydrogens is 312 g/mol. The maximum atomic E-state index is 3.70. The first-order valence-corrected chi connectivity index (χ1v) is 8.34. The van der Waals surface area contributed by atoms with Crippen molar-refractivity contribution >= 4 is 21.6 Å². The number of hydrogen-bond donors (Lipinski definition) is 1. The van der Waals surface area contributed by atoms with Gasteiger partial charge in [-0.3, -0.25) is 0 Å². The zero-order valence-electron chi connectivity index (χ0n) is 13.7. The lowest BCUT2D eigenvalue weighted by Crippen LogP contribution is -2.33. The Labute approximate surface area is 133 Å². The van der Waals surface area contributed by atoms with Crippen LogP contribution in [0.1, 0.15) is 40.2 Å². The highest BCUT2D eigenvalue weighted by Gasteiger charge is 2.14. The van der Waals surface area contributed by atoms with E-state index in [1.807, 2.05) is 0 Å². The molecule has 0 aliphatic heterocycles. The van der Waals surface area contributed by atoms with Crippen LogP contribution in [0.3, 0.4) is 0 Å². The molecule has 0 aliphatic carbocycles. The molecular formula is C17H29BrN2. The van der Waals surface area contributed by atoms with Crippen LogP contribution in [0.2, 0.25) is 0 Å². The number of anilines is 1. The van der Waals surface area contributed by atoms with Crippen molar-refractivity contribution in [2.75, 3.05) is 18.5 Å². The van der Waals surface area contributed by atoms with Crippen LogP contribution >= 0.6 is 15.9 Å². The van der Waals surface area contributed by atoms with E-state index < -0.39 is 0 Å². The number of halogens is 1. The Morgan fingerprint density at radius 2 is 1.80 bits per heavy atom. The van der Waals surface area contributed by atoms with Crippen LogP contribution < -0.4 is 10.2 Å². The summed E-state index contributed by atoms with van der Waals surface area (Å²) in [5.41, 5.74) is 2.59. The quantitative estimate of drug-likeness (QED) is 0.775. The van der Waals surface area contributed by atoms with Gasteiger partial charge < -0.3 is 10.2 Å². The van der Waals surface area contributed by atoms with Crippen molar-refractivity contribution < 1.29 is 0 Å². The van der Waals surface area contributed by atoms with Gasteiger partial charge in [-0.15, -0.1) is 0 Å². The summed E-state index contributed by atoms with van der Waals surface area (Å²) in [7, 11) is 2.17. The summed E-state index contributed by atoms with van der Waals surface area (Å²) in [6, 6.07) is 7.20. The molecule has 114 valence electrons. The van der Waals surface area contributed by atoms with Crippen molar-refractivity contribution in [3.05, 3.63) is 28.2 Å². The Kier molecular flexibility index (Phi) is 7.04. The SMILES string of the molecule is CC(C)CNCc1ccc(N(C)C(C)C(C)C)cc1Br. The smallest absolute Gasteiger partial charge is 0.0377 e. The maximum absolute atomic E-state index is 3.70. The van der Waals surface area contributed by atoms with Gasteiger partial charge in [-0.1, -0.05) is 49.7 Å². The minimum absolute atomic E-state index is 0.534. The van der Waals surface area contributed by atoms with Crippen molar-refractivity contribution in [1.82, 2.24) is 5.32 Å². The average Bonchev–Trinajstić information content (AvgIpc) is 2.38. The summed E-state index contributed by atoms with van der Waals surface area (Å²) in [6.07, 6.45) is 0. The largest absolute Gasteiger partial charge is 0.372 e. The predicted octanol–water partition coefficient (Wildman–Crippen LogP) is 4.68. The first-order valence-electron chi connectivity index (χ1n) is 7.55. The molecule has 2 nitrogen and oxygen atoms in total. The van der Waals surface area contributed by atoms with E-state index in [9.17, 15) is 0 Å². The molecule has 0 aliphatic rings. The van der Waals surface area contributed by atoms with Gasteiger partial charge in [0.15, 0.2) is 0 Å². The summed E-state index contributed by atoms with van der Waals surface area (Å²) in [4.78, 5) is 2.35. The maximum Gasteiger partial charge on any atom is 0.0377 e. The number of nitrogens with one attached hydrogen (secondary N) is 1. The number of benzene rings is 1. The fraction of sp³-hybridized carbons (Fsp3) is 0.647. The molecule has 1 aromatic rings. The van der Waals surface area contributed by atoms with Crippen molar-refractivity contribution in [2.45, 2.75) is 47.2 Å². The van der Waals surface area contributed by atoms with Crippen molar-refractivity contribution in [3.8, 4) is 0 Å². The van der Waals surface area contributed by atoms with Gasteiger partial charge in [0, 0.05) is 29.8 Å². The molecule has 1 N–H and O–H groups in total. The summed E-state index contributed by atoms with van der Waals surface area (Å²) >= 11 is 3.70. The first kappa shape index (κ1) is 17.5. The lowest BCUT2D eigenvalue weighted by molar-refractivity contribution is 0.505. The second kappa shape index (κ2) is 8.04. The third-order valence-electron chi connectivity index (χ3n) is 3.89. The molecule has 0 saturated heterocycles. The molecule has 1 unspecified atom stereocenters. The Bertz CT molecular complexity index is 415. The fourth-order valence-corrected chi connectivity index (χ4v) is 2.58. The first-order chi connectivity index (χ1) is 9.32. The second-order valence-electron chi connectivity index (χ2n) is 6.40. The zero-order valence-corrected chi connectivity index (χ0v) is 15.3. The van der Waals surface area contributed by atoms with E-state index in [-0.39, 0.29) is 0 Å². The van der Waals surface area contributed by atoms with Gasteiger partial charge in [-0.25, -0.2) is 0 Å². The molecule has 0 bridgehead atoms. The Morgan fingerprint density at radius 3 is 2.30 bits per heavy atom.